The summed E-state index contributed by atoms with van der Waals surface area (Å²) in [6, 6.07) is 22.8. The molecule has 0 aliphatic rings. The topological polar surface area (TPSA) is 120 Å². The van der Waals surface area contributed by atoms with Crippen LogP contribution in [0.2, 0.25) is 0 Å². The fourth-order valence-electron chi connectivity index (χ4n) is 2.86. The van der Waals surface area contributed by atoms with E-state index >= 15 is 0 Å². The van der Waals surface area contributed by atoms with Gasteiger partial charge in [-0.2, -0.15) is 4.98 Å². The molecule has 154 valence electrons. The molecule has 4 rings (SSSR count). The van der Waals surface area contributed by atoms with Crippen molar-refractivity contribution in [3.63, 3.8) is 0 Å². The Hall–Kier alpha value is -4.46. The number of hydrogen-bond acceptors (Lipinski definition) is 6. The Morgan fingerprint density at radius 1 is 0.935 bits per heavy atom. The number of rotatable bonds is 7. The van der Waals surface area contributed by atoms with Crippen molar-refractivity contribution in [3.05, 3.63) is 84.4 Å². The van der Waals surface area contributed by atoms with E-state index in [1.165, 1.54) is 12.1 Å². The van der Waals surface area contributed by atoms with Gasteiger partial charge in [0.05, 0.1) is 5.56 Å². The molecule has 4 aromatic rings. The number of carbonyl (C=O) groups excluding carboxylic acids is 2. The summed E-state index contributed by atoms with van der Waals surface area (Å²) in [5.74, 6) is 0.288. The van der Waals surface area contributed by atoms with Gasteiger partial charge in [-0.3, -0.25) is 9.59 Å². The van der Waals surface area contributed by atoms with Crippen molar-refractivity contribution in [2.24, 2.45) is 5.73 Å². The van der Waals surface area contributed by atoms with Gasteiger partial charge in [0.25, 0.3) is 11.8 Å². The maximum atomic E-state index is 12.3. The molecule has 3 aromatic carbocycles. The molecule has 0 fully saturated rings. The van der Waals surface area contributed by atoms with E-state index in [2.05, 4.69) is 15.5 Å². The minimum Gasteiger partial charge on any atom is -0.483 e. The number of hydrogen-bond donors (Lipinski definition) is 2. The second-order valence-electron chi connectivity index (χ2n) is 6.56. The predicted octanol–water partition coefficient (Wildman–Crippen LogP) is 3.52. The average Bonchev–Trinajstić information content (AvgIpc) is 3.29. The van der Waals surface area contributed by atoms with Gasteiger partial charge >= 0.3 is 0 Å². The first-order chi connectivity index (χ1) is 15.1. The summed E-state index contributed by atoms with van der Waals surface area (Å²) in [6.45, 7) is -0.228. The van der Waals surface area contributed by atoms with Crippen LogP contribution in [0.1, 0.15) is 10.4 Å². The molecular weight excluding hydrogens is 396 g/mol. The van der Waals surface area contributed by atoms with Crippen molar-refractivity contribution < 1.29 is 18.8 Å². The van der Waals surface area contributed by atoms with Gasteiger partial charge in [-0.15, -0.1) is 0 Å². The van der Waals surface area contributed by atoms with Crippen molar-refractivity contribution in [3.8, 4) is 28.6 Å². The molecule has 1 aromatic heterocycles. The highest BCUT2D eigenvalue weighted by atomic mass is 16.5. The van der Waals surface area contributed by atoms with Crippen molar-refractivity contribution in [2.75, 3.05) is 11.9 Å². The Kier molecular flexibility index (Phi) is 5.70. The fraction of sp³-hybridized carbons (Fsp3) is 0.0435. The fourth-order valence-corrected chi connectivity index (χ4v) is 2.86. The lowest BCUT2D eigenvalue weighted by atomic mass is 10.2. The van der Waals surface area contributed by atoms with Crippen molar-refractivity contribution in [2.45, 2.75) is 0 Å². The zero-order chi connectivity index (χ0) is 21.6. The van der Waals surface area contributed by atoms with Crippen molar-refractivity contribution >= 4 is 17.5 Å². The minimum absolute atomic E-state index is 0.228. The number of amides is 2. The third-order valence-electron chi connectivity index (χ3n) is 4.39. The summed E-state index contributed by atoms with van der Waals surface area (Å²) >= 11 is 0. The van der Waals surface area contributed by atoms with Gasteiger partial charge in [-0.05, 0) is 36.4 Å². The van der Waals surface area contributed by atoms with Gasteiger partial charge < -0.3 is 20.3 Å². The Morgan fingerprint density at radius 3 is 2.39 bits per heavy atom. The van der Waals surface area contributed by atoms with Crippen LogP contribution in [0.3, 0.4) is 0 Å². The summed E-state index contributed by atoms with van der Waals surface area (Å²) in [6.07, 6.45) is 0. The largest absolute Gasteiger partial charge is 0.483 e. The number of para-hydroxylation sites is 1. The molecule has 1 heterocycles. The molecule has 0 unspecified atom stereocenters. The lowest BCUT2D eigenvalue weighted by Gasteiger charge is -2.10. The normalized spacial score (nSPS) is 10.5. The van der Waals surface area contributed by atoms with E-state index < -0.39 is 5.91 Å². The molecule has 0 radical (unpaired) electrons. The van der Waals surface area contributed by atoms with Gasteiger partial charge in [0.1, 0.15) is 5.75 Å². The molecule has 0 bridgehead atoms. The average molecular weight is 414 g/mol. The van der Waals surface area contributed by atoms with Crippen LogP contribution in [-0.4, -0.2) is 28.6 Å². The first-order valence-electron chi connectivity index (χ1n) is 9.41. The smallest absolute Gasteiger partial charge is 0.262 e. The van der Waals surface area contributed by atoms with Crippen LogP contribution >= 0.6 is 0 Å². The van der Waals surface area contributed by atoms with Crippen LogP contribution in [0, 0.1) is 0 Å². The van der Waals surface area contributed by atoms with Gasteiger partial charge in [0.15, 0.2) is 6.61 Å². The van der Waals surface area contributed by atoms with E-state index in [4.69, 9.17) is 15.0 Å². The molecule has 0 saturated carbocycles. The lowest BCUT2D eigenvalue weighted by molar-refractivity contribution is -0.118. The molecule has 0 spiro atoms. The summed E-state index contributed by atoms with van der Waals surface area (Å²) in [5.41, 5.74) is 7.50. The molecule has 0 aliphatic heterocycles. The number of aromatic nitrogens is 2. The van der Waals surface area contributed by atoms with Crippen LogP contribution in [0.15, 0.2) is 83.4 Å². The summed E-state index contributed by atoms with van der Waals surface area (Å²) in [4.78, 5) is 27.8. The number of primary amides is 1. The molecule has 31 heavy (non-hydrogen) atoms. The van der Waals surface area contributed by atoms with Gasteiger partial charge in [-0.1, -0.05) is 47.6 Å². The Labute approximate surface area is 177 Å². The zero-order valence-corrected chi connectivity index (χ0v) is 16.3. The first-order valence-corrected chi connectivity index (χ1v) is 9.41. The summed E-state index contributed by atoms with van der Waals surface area (Å²) in [5, 5.41) is 6.72. The molecule has 0 atom stereocenters. The van der Waals surface area contributed by atoms with E-state index in [0.717, 1.165) is 5.56 Å². The first kappa shape index (κ1) is 19.8. The third-order valence-corrected chi connectivity index (χ3v) is 4.39. The number of nitrogens with one attached hydrogen (secondary N) is 1. The number of nitrogens with two attached hydrogens (primary N) is 1. The molecule has 8 heteroatoms. The van der Waals surface area contributed by atoms with E-state index in [-0.39, 0.29) is 18.4 Å². The van der Waals surface area contributed by atoms with Gasteiger partial charge in [0, 0.05) is 16.8 Å². The Morgan fingerprint density at radius 2 is 1.65 bits per heavy atom. The van der Waals surface area contributed by atoms with Crippen molar-refractivity contribution in [1.82, 2.24) is 10.1 Å². The summed E-state index contributed by atoms with van der Waals surface area (Å²) in [7, 11) is 0. The standard InChI is InChI=1S/C23H18N4O4/c24-21(29)15-10-12-17(13-11-15)25-20(28)14-30-19-9-5-4-8-18(19)23-26-22(27-31-23)16-6-2-1-3-7-16/h1-13H,14H2,(H2,24,29)(H,25,28). The van der Waals surface area contributed by atoms with Crippen LogP contribution < -0.4 is 15.8 Å². The van der Waals surface area contributed by atoms with Crippen LogP contribution in [0.5, 0.6) is 5.75 Å². The molecule has 8 nitrogen and oxygen atoms in total. The quantitative estimate of drug-likeness (QED) is 0.477. The van der Waals surface area contributed by atoms with E-state index in [9.17, 15) is 9.59 Å². The second kappa shape index (κ2) is 8.91. The maximum absolute atomic E-state index is 12.3. The highest BCUT2D eigenvalue weighted by Crippen LogP contribution is 2.30. The van der Waals surface area contributed by atoms with E-state index in [1.54, 1.807) is 30.3 Å². The molecule has 0 aliphatic carbocycles. The molecular formula is C23H18N4O4. The zero-order valence-electron chi connectivity index (χ0n) is 16.3. The monoisotopic (exact) mass is 414 g/mol. The number of benzene rings is 3. The number of ether oxygens (including phenoxy) is 1. The SMILES string of the molecule is NC(=O)c1ccc(NC(=O)COc2ccccc2-c2nc(-c3ccccc3)no2)cc1. The van der Waals surface area contributed by atoms with E-state index in [1.807, 2.05) is 36.4 Å². The number of carbonyl (C=O) groups is 2. The van der Waals surface area contributed by atoms with Crippen LogP contribution in [0.25, 0.3) is 22.8 Å². The van der Waals surface area contributed by atoms with Crippen LogP contribution in [0.4, 0.5) is 5.69 Å². The highest BCUT2D eigenvalue weighted by Gasteiger charge is 2.15. The third kappa shape index (κ3) is 4.76. The van der Waals surface area contributed by atoms with Gasteiger partial charge in [0.2, 0.25) is 11.7 Å². The maximum Gasteiger partial charge on any atom is 0.262 e. The number of nitrogens with zero attached hydrogens (tertiary/aromatic N) is 2. The number of anilines is 1. The Bertz CT molecular complexity index is 1200. The predicted molar refractivity (Wildman–Crippen MR) is 114 cm³/mol. The van der Waals surface area contributed by atoms with E-state index in [0.29, 0.717) is 28.4 Å². The Balaban J connectivity index is 1.44. The van der Waals surface area contributed by atoms with Gasteiger partial charge in [-0.25, -0.2) is 0 Å². The molecule has 3 N–H and O–H groups in total. The van der Waals surface area contributed by atoms with Crippen molar-refractivity contribution in [1.29, 1.82) is 0 Å². The molecule has 2 amide bonds. The molecule has 0 saturated heterocycles. The van der Waals surface area contributed by atoms with Crippen LogP contribution in [-0.2, 0) is 4.79 Å². The summed E-state index contributed by atoms with van der Waals surface area (Å²) < 4.78 is 11.1. The second-order valence-corrected chi connectivity index (χ2v) is 6.56. The minimum atomic E-state index is -0.533. The lowest BCUT2D eigenvalue weighted by Crippen LogP contribution is -2.20. The highest BCUT2D eigenvalue weighted by molar-refractivity contribution is 5.95.